The minimum absolute atomic E-state index is 0.295. The maximum Gasteiger partial charge on any atom is 0.198 e. The molecule has 8 heteroatoms. The van der Waals surface area contributed by atoms with Gasteiger partial charge in [0.25, 0.3) is 0 Å². The van der Waals surface area contributed by atoms with Gasteiger partial charge < -0.3 is 0 Å². The van der Waals surface area contributed by atoms with Crippen LogP contribution in [0, 0.1) is 46.5 Å². The van der Waals surface area contributed by atoms with Gasteiger partial charge in [-0.1, -0.05) is 352 Å². The van der Waals surface area contributed by atoms with E-state index in [2.05, 4.69) is 158 Å². The molecule has 0 fully saturated rings. The fourth-order valence-electron chi connectivity index (χ4n) is 19.6. The zero-order valence-corrected chi connectivity index (χ0v) is 66.0. The van der Waals surface area contributed by atoms with Crippen LogP contribution in [0.25, 0.3) is 240 Å². The molecule has 0 unspecified atom stereocenters. The second-order valence-electron chi connectivity index (χ2n) is 32.1. The summed E-state index contributed by atoms with van der Waals surface area (Å²) in [5.74, 6) is -13.0. The predicted octanol–water partition coefficient (Wildman–Crippen LogP) is 34.0. The highest BCUT2D eigenvalue weighted by molar-refractivity contribution is 6.41. The second-order valence-corrected chi connectivity index (χ2v) is 32.1. The van der Waals surface area contributed by atoms with Crippen molar-refractivity contribution in [1.29, 1.82) is 0 Å². The molecule has 0 aliphatic carbocycles. The molecule has 0 saturated carbocycles. The number of benzene rings is 24. The molecule has 0 bridgehead atoms. The highest BCUT2D eigenvalue weighted by Gasteiger charge is 2.31. The number of hydrogen-bond donors (Lipinski definition) is 0. The molecule has 0 heterocycles. The van der Waals surface area contributed by atoms with Crippen LogP contribution in [0.1, 0.15) is 0 Å². The van der Waals surface area contributed by atoms with E-state index in [1.54, 1.807) is 0 Å². The van der Waals surface area contributed by atoms with Crippen molar-refractivity contribution in [1.82, 2.24) is 0 Å². The minimum Gasteiger partial charge on any atom is -0.203 e. The molecule has 124 heavy (non-hydrogen) atoms. The molecular formula is C116H64F8. The summed E-state index contributed by atoms with van der Waals surface area (Å²) in [4.78, 5) is 0. The van der Waals surface area contributed by atoms with Gasteiger partial charge in [0.15, 0.2) is 46.5 Å². The monoisotopic (exact) mass is 1610 g/mol. The van der Waals surface area contributed by atoms with Crippen molar-refractivity contribution in [2.45, 2.75) is 0 Å². The Kier molecular flexibility index (Phi) is 17.2. The minimum atomic E-state index is -1.84. The average Bonchev–Trinajstić information content (AvgIpc) is 0.696. The van der Waals surface area contributed by atoms with Crippen LogP contribution >= 0.6 is 0 Å². The van der Waals surface area contributed by atoms with Gasteiger partial charge in [-0.05, 0) is 255 Å². The molecule has 0 nitrogen and oxygen atoms in total. The quantitative estimate of drug-likeness (QED) is 0.0616. The summed E-state index contributed by atoms with van der Waals surface area (Å²) < 4.78 is 129. The molecule has 0 N–H and O–H groups in total. The van der Waals surface area contributed by atoms with Crippen LogP contribution in [0.3, 0.4) is 0 Å². The molecule has 584 valence electrons. The maximum absolute atomic E-state index is 16.7. The van der Waals surface area contributed by atoms with Crippen LogP contribution in [0.15, 0.2) is 388 Å². The topological polar surface area (TPSA) is 0 Å². The second kappa shape index (κ2) is 29.1. The summed E-state index contributed by atoms with van der Waals surface area (Å²) in [6, 6.07) is 130. The average molecular weight is 1610 g/mol. The van der Waals surface area contributed by atoms with Crippen molar-refractivity contribution in [2.75, 3.05) is 0 Å². The van der Waals surface area contributed by atoms with Crippen molar-refractivity contribution in [2.24, 2.45) is 0 Å². The molecule has 0 aromatic heterocycles. The van der Waals surface area contributed by atoms with Gasteiger partial charge in [-0.2, -0.15) is 0 Å². The third kappa shape index (κ3) is 11.6. The molecule has 0 spiro atoms. The van der Waals surface area contributed by atoms with E-state index in [1.807, 2.05) is 231 Å². The lowest BCUT2D eigenvalue weighted by Gasteiger charge is -2.20. The lowest BCUT2D eigenvalue weighted by atomic mass is 9.83. The number of hydrogen-bond acceptors (Lipinski definition) is 0. The standard InChI is InChI=1S/2C58H32F4/c59-55-53-49-31-47(37-27-23-35(24-28-37)41-21-9-13-33-11-1-3-15-39(33)41)43-17-5-7-19-45(43)51(49)52-46-20-8-6-18-44(46)48(32-50(52)54(53)56(60)58(62)57(55)61)38-29-25-36(26-30-38)42-22-10-14-34-12-2-4-16-40(34)42;59-55-53-49-31-47(37-23-17-35(18-24-37)41-27-21-33-9-1-3-11-39(33)29-41)43-13-5-7-15-45(43)51(49)52-46-16-8-6-14-44(46)48(32-50(52)54(53)56(60)58(62)57(55)61)38-25-19-36(20-26-38)42-28-22-34-10-2-4-12-40(34)30-42/h2*1-32H. The molecule has 0 aliphatic rings. The fourth-order valence-corrected chi connectivity index (χ4v) is 19.6. The Morgan fingerprint density at radius 3 is 0.581 bits per heavy atom. The van der Waals surface area contributed by atoms with E-state index in [1.165, 1.54) is 0 Å². The van der Waals surface area contributed by atoms with Crippen LogP contribution in [0.2, 0.25) is 0 Å². The molecule has 24 rings (SSSR count). The normalized spacial score (nSPS) is 11.9. The van der Waals surface area contributed by atoms with Crippen LogP contribution in [-0.2, 0) is 0 Å². The maximum atomic E-state index is 16.7. The van der Waals surface area contributed by atoms with Crippen LogP contribution in [-0.4, -0.2) is 0 Å². The first-order valence-corrected chi connectivity index (χ1v) is 41.2. The van der Waals surface area contributed by atoms with E-state index in [4.69, 9.17) is 0 Å². The van der Waals surface area contributed by atoms with Crippen molar-refractivity contribution < 1.29 is 35.1 Å². The SMILES string of the molecule is Fc1c(F)c(F)c2c3cc(-c4ccc(-c5ccc6ccccc6c5)cc4)c4ccccc4c3c3c4ccccc4c(-c4ccc(-c5ccc6ccccc6c5)cc4)cc3c2c1F.Fc1c(F)c(F)c2c3cc(-c4ccc(-c5cccc6ccccc56)cc4)c4ccccc4c3c3c4ccccc4c(-c4ccc(-c5cccc6ccccc56)cc4)cc3c2c1F. The lowest BCUT2D eigenvalue weighted by molar-refractivity contribution is 0.418. The number of rotatable bonds is 8. The highest BCUT2D eigenvalue weighted by atomic mass is 19.2. The van der Waals surface area contributed by atoms with E-state index in [0.29, 0.717) is 43.1 Å². The van der Waals surface area contributed by atoms with Crippen molar-refractivity contribution in [3.8, 4) is 89.0 Å². The molecule has 0 radical (unpaired) electrons. The molecule has 0 saturated heterocycles. The molecule has 0 amide bonds. The van der Waals surface area contributed by atoms with Crippen molar-refractivity contribution in [3.05, 3.63) is 435 Å². The largest absolute Gasteiger partial charge is 0.203 e. The highest BCUT2D eigenvalue weighted by Crippen LogP contribution is 2.53. The third-order valence-electron chi connectivity index (χ3n) is 25.4. The van der Waals surface area contributed by atoms with Gasteiger partial charge in [-0.15, -0.1) is 0 Å². The Balaban J connectivity index is 0.000000143. The van der Waals surface area contributed by atoms with E-state index < -0.39 is 46.5 Å². The molecule has 0 atom stereocenters. The van der Waals surface area contributed by atoms with E-state index in [-0.39, 0.29) is 21.5 Å². The predicted molar refractivity (Wildman–Crippen MR) is 501 cm³/mol. The Hall–Kier alpha value is -15.6. The summed E-state index contributed by atoms with van der Waals surface area (Å²) in [5.41, 5.74) is 14.9. The van der Waals surface area contributed by atoms with Gasteiger partial charge in [0.05, 0.1) is 0 Å². The summed E-state index contributed by atoms with van der Waals surface area (Å²) in [6.45, 7) is 0. The van der Waals surface area contributed by atoms with Crippen LogP contribution < -0.4 is 0 Å². The molecule has 24 aromatic rings. The van der Waals surface area contributed by atoms with E-state index in [9.17, 15) is 0 Å². The Morgan fingerprint density at radius 2 is 0.306 bits per heavy atom. The van der Waals surface area contributed by atoms with Crippen LogP contribution in [0.5, 0.6) is 0 Å². The van der Waals surface area contributed by atoms with Gasteiger partial charge in [-0.25, -0.2) is 35.1 Å². The Labute approximate surface area is 705 Å². The van der Waals surface area contributed by atoms with Crippen LogP contribution in [0.4, 0.5) is 35.1 Å². The van der Waals surface area contributed by atoms with Gasteiger partial charge in [0.1, 0.15) is 0 Å². The van der Waals surface area contributed by atoms with Crippen molar-refractivity contribution in [3.63, 3.8) is 0 Å². The zero-order chi connectivity index (χ0) is 83.3. The number of halogens is 8. The fraction of sp³-hybridized carbons (Fsp3) is 0. The lowest BCUT2D eigenvalue weighted by Crippen LogP contribution is -2.01. The first-order valence-electron chi connectivity index (χ1n) is 41.2. The summed E-state index contributed by atoms with van der Waals surface area (Å²) in [7, 11) is 0. The smallest absolute Gasteiger partial charge is 0.198 e. The van der Waals surface area contributed by atoms with Crippen molar-refractivity contribution >= 4 is 151 Å². The Morgan fingerprint density at radius 1 is 0.105 bits per heavy atom. The first-order chi connectivity index (χ1) is 60.8. The number of fused-ring (bicyclic) bond motifs is 24. The molecule has 24 aromatic carbocycles. The summed E-state index contributed by atoms with van der Waals surface area (Å²) in [5, 5.41) is 18.4. The van der Waals surface area contributed by atoms with Gasteiger partial charge in [0.2, 0.25) is 0 Å². The molecule has 0 aliphatic heterocycles. The summed E-state index contributed by atoms with van der Waals surface area (Å²) in [6.07, 6.45) is 0. The van der Waals surface area contributed by atoms with Gasteiger partial charge in [-0.3, -0.25) is 0 Å². The van der Waals surface area contributed by atoms with E-state index >= 15 is 35.1 Å². The Bertz CT molecular complexity index is 8160. The zero-order valence-electron chi connectivity index (χ0n) is 66.0. The van der Waals surface area contributed by atoms with Gasteiger partial charge >= 0.3 is 0 Å². The first kappa shape index (κ1) is 73.5. The van der Waals surface area contributed by atoms with Gasteiger partial charge in [0, 0.05) is 21.5 Å². The van der Waals surface area contributed by atoms with E-state index in [0.717, 1.165) is 175 Å². The third-order valence-corrected chi connectivity index (χ3v) is 25.4. The summed E-state index contributed by atoms with van der Waals surface area (Å²) >= 11 is 0. The molecular weight excluding hydrogens is 1550 g/mol.